The van der Waals surface area contributed by atoms with Crippen molar-refractivity contribution in [2.24, 2.45) is 8.80 Å². The van der Waals surface area contributed by atoms with Gasteiger partial charge in [0.2, 0.25) is 0 Å². The molecule has 7 heteroatoms. The van der Waals surface area contributed by atoms with Gasteiger partial charge >= 0.3 is 5.79 Å². The van der Waals surface area contributed by atoms with E-state index in [9.17, 15) is 0 Å². The lowest BCUT2D eigenvalue weighted by atomic mass is 10.2. The van der Waals surface area contributed by atoms with Crippen molar-refractivity contribution < 1.29 is 18.9 Å². The zero-order valence-electron chi connectivity index (χ0n) is 9.75. The number of ether oxygens (including phenoxy) is 4. The van der Waals surface area contributed by atoms with Crippen LogP contribution in [0.3, 0.4) is 0 Å². The molecule has 0 saturated carbocycles. The summed E-state index contributed by atoms with van der Waals surface area (Å²) < 4.78 is 30.1. The highest BCUT2D eigenvalue weighted by atomic mass is 32.2. The molecule has 0 amide bonds. The van der Waals surface area contributed by atoms with Crippen LogP contribution in [0.4, 0.5) is 0 Å². The van der Waals surface area contributed by atoms with E-state index in [0.29, 0.717) is 11.5 Å². The van der Waals surface area contributed by atoms with Gasteiger partial charge in [0.05, 0.1) is 14.2 Å². The highest BCUT2D eigenvalue weighted by molar-refractivity contribution is 7.97. The van der Waals surface area contributed by atoms with Crippen LogP contribution in [0.2, 0.25) is 0 Å². The van der Waals surface area contributed by atoms with Crippen molar-refractivity contribution in [1.82, 2.24) is 0 Å². The first-order chi connectivity index (χ1) is 8.80. The standard InChI is InChI=1S/C11H10N2O4S/c1-14-9-11(10(15-2)13-18-12-9)16-7-5-3-4-6-8(7)17-11/h3-6H,1-2H3. The number of hydrogen-bond acceptors (Lipinski definition) is 7. The molecule has 0 aromatic heterocycles. The summed E-state index contributed by atoms with van der Waals surface area (Å²) in [6.45, 7) is 0. The molecule has 0 aliphatic carbocycles. The van der Waals surface area contributed by atoms with Gasteiger partial charge in [-0.3, -0.25) is 0 Å². The third-order valence-corrected chi connectivity index (χ3v) is 3.05. The Bertz CT molecular complexity index is 497. The molecule has 0 radical (unpaired) electrons. The van der Waals surface area contributed by atoms with Crippen LogP contribution in [0.25, 0.3) is 0 Å². The number of rotatable bonds is 0. The number of para-hydroxylation sites is 2. The highest BCUT2D eigenvalue weighted by Gasteiger charge is 2.56. The van der Waals surface area contributed by atoms with E-state index in [0.717, 1.165) is 12.1 Å². The van der Waals surface area contributed by atoms with Gasteiger partial charge in [-0.25, -0.2) is 0 Å². The summed E-state index contributed by atoms with van der Waals surface area (Å²) >= 11 is 0.966. The Labute approximate surface area is 108 Å². The molecule has 0 saturated heterocycles. The fourth-order valence-electron chi connectivity index (χ4n) is 1.77. The maximum Gasteiger partial charge on any atom is 0.411 e. The number of benzene rings is 1. The lowest BCUT2D eigenvalue weighted by Crippen LogP contribution is -2.56. The largest absolute Gasteiger partial charge is 0.478 e. The van der Waals surface area contributed by atoms with E-state index >= 15 is 0 Å². The second-order valence-electron chi connectivity index (χ2n) is 3.55. The Morgan fingerprint density at radius 1 is 1.00 bits per heavy atom. The molecule has 0 N–H and O–H groups in total. The summed E-state index contributed by atoms with van der Waals surface area (Å²) in [4.78, 5) is 0. The first-order valence-corrected chi connectivity index (χ1v) is 5.91. The van der Waals surface area contributed by atoms with Gasteiger partial charge in [0, 0.05) is 0 Å². The van der Waals surface area contributed by atoms with Crippen molar-refractivity contribution >= 4 is 23.9 Å². The number of fused-ring (bicyclic) bond motifs is 1. The second kappa shape index (κ2) is 4.09. The summed E-state index contributed by atoms with van der Waals surface area (Å²) in [7, 11) is 2.99. The van der Waals surface area contributed by atoms with Crippen LogP contribution in [0.1, 0.15) is 0 Å². The van der Waals surface area contributed by atoms with Crippen LogP contribution in [-0.2, 0) is 9.47 Å². The topological polar surface area (TPSA) is 61.6 Å². The minimum absolute atomic E-state index is 0.260. The van der Waals surface area contributed by atoms with Crippen LogP contribution < -0.4 is 9.47 Å². The van der Waals surface area contributed by atoms with Crippen molar-refractivity contribution in [3.8, 4) is 11.5 Å². The molecule has 1 aromatic carbocycles. The van der Waals surface area contributed by atoms with Crippen LogP contribution in [0.15, 0.2) is 33.1 Å². The van der Waals surface area contributed by atoms with E-state index < -0.39 is 5.79 Å². The fraction of sp³-hybridized carbons (Fsp3) is 0.273. The zero-order valence-corrected chi connectivity index (χ0v) is 10.6. The Balaban J connectivity index is 2.06. The molecule has 1 spiro atoms. The molecular formula is C11H10N2O4S. The number of hydrogen-bond donors (Lipinski definition) is 0. The molecule has 2 heterocycles. The smallest absolute Gasteiger partial charge is 0.411 e. The van der Waals surface area contributed by atoms with Gasteiger partial charge in [-0.1, -0.05) is 12.1 Å². The van der Waals surface area contributed by atoms with Gasteiger partial charge in [0.15, 0.2) is 11.5 Å². The molecule has 18 heavy (non-hydrogen) atoms. The Kier molecular flexibility index (Phi) is 2.55. The van der Waals surface area contributed by atoms with E-state index in [-0.39, 0.29) is 11.8 Å². The third-order valence-electron chi connectivity index (χ3n) is 2.55. The van der Waals surface area contributed by atoms with Gasteiger partial charge in [-0.15, -0.1) is 0 Å². The van der Waals surface area contributed by atoms with Crippen LogP contribution in [0.5, 0.6) is 11.5 Å². The van der Waals surface area contributed by atoms with Crippen molar-refractivity contribution in [3.63, 3.8) is 0 Å². The summed E-state index contributed by atoms with van der Waals surface area (Å²) in [6, 6.07) is 7.30. The van der Waals surface area contributed by atoms with Crippen LogP contribution >= 0.6 is 12.1 Å². The van der Waals surface area contributed by atoms with E-state index in [2.05, 4.69) is 8.80 Å². The quantitative estimate of drug-likeness (QED) is 0.670. The molecule has 2 aliphatic rings. The summed E-state index contributed by atoms with van der Waals surface area (Å²) in [6.07, 6.45) is 0. The lowest BCUT2D eigenvalue weighted by Gasteiger charge is -2.28. The van der Waals surface area contributed by atoms with Crippen molar-refractivity contribution in [1.29, 1.82) is 0 Å². The molecule has 0 unspecified atom stereocenters. The first-order valence-electron chi connectivity index (χ1n) is 5.18. The molecule has 0 bridgehead atoms. The normalized spacial score (nSPS) is 19.2. The molecule has 6 nitrogen and oxygen atoms in total. The maximum atomic E-state index is 5.80. The SMILES string of the molecule is COC1=NSN=C(OC)C12Oc1ccccc1O2. The minimum Gasteiger partial charge on any atom is -0.478 e. The summed E-state index contributed by atoms with van der Waals surface area (Å²) in [5.41, 5.74) is 0. The number of nitrogens with zero attached hydrogens (tertiary/aromatic N) is 2. The Hall–Kier alpha value is -1.89. The lowest BCUT2D eigenvalue weighted by molar-refractivity contribution is 0.0145. The number of methoxy groups -OCH3 is 2. The van der Waals surface area contributed by atoms with Crippen LogP contribution in [0, 0.1) is 0 Å². The van der Waals surface area contributed by atoms with Crippen molar-refractivity contribution in [3.05, 3.63) is 24.3 Å². The van der Waals surface area contributed by atoms with E-state index in [1.54, 1.807) is 12.1 Å². The Morgan fingerprint density at radius 2 is 1.50 bits per heavy atom. The predicted molar refractivity (Wildman–Crippen MR) is 66.9 cm³/mol. The summed E-state index contributed by atoms with van der Waals surface area (Å²) in [5, 5.41) is 0. The van der Waals surface area contributed by atoms with Gasteiger partial charge in [-0.05, 0) is 12.1 Å². The van der Waals surface area contributed by atoms with Gasteiger partial charge in [-0.2, -0.15) is 8.80 Å². The Morgan fingerprint density at radius 3 is 1.94 bits per heavy atom. The second-order valence-corrected chi connectivity index (χ2v) is 4.08. The van der Waals surface area contributed by atoms with Crippen molar-refractivity contribution in [2.75, 3.05) is 14.2 Å². The molecule has 2 aliphatic heterocycles. The highest BCUT2D eigenvalue weighted by Crippen LogP contribution is 2.42. The van der Waals surface area contributed by atoms with Crippen molar-refractivity contribution in [2.45, 2.75) is 5.79 Å². The molecule has 94 valence electrons. The molecule has 3 rings (SSSR count). The zero-order chi connectivity index (χ0) is 12.6. The molecule has 1 aromatic rings. The average molecular weight is 266 g/mol. The minimum atomic E-state index is -1.35. The third kappa shape index (κ3) is 1.43. The fourth-order valence-corrected chi connectivity index (χ4v) is 2.35. The van der Waals surface area contributed by atoms with Gasteiger partial charge in [0.1, 0.15) is 12.1 Å². The molecule has 0 atom stereocenters. The van der Waals surface area contributed by atoms with Crippen LogP contribution in [-0.4, -0.2) is 31.8 Å². The molecule has 0 fully saturated rings. The van der Waals surface area contributed by atoms with E-state index in [1.807, 2.05) is 12.1 Å². The molecular weight excluding hydrogens is 256 g/mol. The summed E-state index contributed by atoms with van der Waals surface area (Å²) in [5.74, 6) is 0.363. The maximum absolute atomic E-state index is 5.80. The van der Waals surface area contributed by atoms with E-state index in [4.69, 9.17) is 18.9 Å². The average Bonchev–Trinajstić information content (AvgIpc) is 2.78. The monoisotopic (exact) mass is 266 g/mol. The van der Waals surface area contributed by atoms with Gasteiger partial charge in [0.25, 0.3) is 11.8 Å². The van der Waals surface area contributed by atoms with E-state index in [1.165, 1.54) is 14.2 Å². The first kappa shape index (κ1) is 11.2. The predicted octanol–water partition coefficient (Wildman–Crippen LogP) is 1.82. The van der Waals surface area contributed by atoms with Gasteiger partial charge < -0.3 is 18.9 Å².